The molecule has 8 aliphatic rings. The number of β-amino-alcohol motifs (C(OH)–C–C–N with tert-alkyl or cyclic N) is 1. The van der Waals surface area contributed by atoms with Crippen molar-refractivity contribution in [1.82, 2.24) is 68.4 Å². The number of carbonyl (C=O) groups excluding carboxylic acids is 1. The number of likely N-dealkylation sites (N-methyl/N-ethyl adjacent to an activating group) is 3. The first kappa shape index (κ1) is 92.2. The number of nitrogens with two attached hydrogens (primary N) is 1. The van der Waals surface area contributed by atoms with Gasteiger partial charge in [-0.15, -0.1) is 0 Å². The lowest BCUT2D eigenvalue weighted by Crippen LogP contribution is -2.56. The van der Waals surface area contributed by atoms with Crippen LogP contribution in [0.5, 0.6) is 0 Å². The Kier molecular flexibility index (Phi) is 49.6. The Morgan fingerprint density at radius 1 is 0.457 bits per heavy atom. The fourth-order valence-corrected chi connectivity index (χ4v) is 13.0. The zero-order valence-electron chi connectivity index (χ0n) is 65.4. The molecule has 8 saturated heterocycles. The van der Waals surface area contributed by atoms with Crippen molar-refractivity contribution in [2.45, 2.75) is 244 Å². The highest BCUT2D eigenvalue weighted by molar-refractivity contribution is 7.86. The van der Waals surface area contributed by atoms with E-state index < -0.39 is 16.2 Å². The van der Waals surface area contributed by atoms with Crippen LogP contribution in [0.25, 0.3) is 0 Å². The van der Waals surface area contributed by atoms with Crippen LogP contribution in [0.15, 0.2) is 0 Å². The van der Waals surface area contributed by atoms with E-state index in [0.29, 0.717) is 80.8 Å². The fraction of sp³-hybridized carbons (Fsp3) is 0.972. The Bertz CT molecular complexity index is 1940. The van der Waals surface area contributed by atoms with Gasteiger partial charge in [-0.25, -0.2) is 5.14 Å². The number of rotatable bonds is 15. The van der Waals surface area contributed by atoms with E-state index in [9.17, 15) is 18.0 Å². The van der Waals surface area contributed by atoms with Gasteiger partial charge in [-0.3, -0.25) is 58.6 Å². The molecular weight excluding hydrogens is 1210 g/mol. The molecule has 0 radical (unpaired) electrons. The number of carboxylic acids is 1. The molecule has 8 aliphatic heterocycles. The van der Waals surface area contributed by atoms with Crippen LogP contribution in [0, 0.1) is 11.8 Å². The molecule has 0 aromatic rings. The number of aliphatic hydroxyl groups excluding tert-OH is 2. The van der Waals surface area contributed by atoms with E-state index >= 15 is 0 Å². The molecule has 0 aliphatic carbocycles. The molecule has 22 nitrogen and oxygen atoms in total. The number of amides is 1. The molecule has 0 saturated carbocycles. The molecule has 0 aromatic carbocycles. The summed E-state index contributed by atoms with van der Waals surface area (Å²) in [5.74, 6) is 0.665. The monoisotopic (exact) mass is 1360 g/mol. The van der Waals surface area contributed by atoms with Gasteiger partial charge in [-0.2, -0.15) is 12.7 Å². The third-order valence-corrected chi connectivity index (χ3v) is 21.0. The van der Waals surface area contributed by atoms with Gasteiger partial charge < -0.3 is 30.4 Å². The number of carbonyl (C=O) groups is 2. The molecule has 94 heavy (non-hydrogen) atoms. The Labute approximate surface area is 580 Å². The summed E-state index contributed by atoms with van der Waals surface area (Å²) in [6, 6.07) is 7.76. The van der Waals surface area contributed by atoms with Crippen LogP contribution in [0.2, 0.25) is 0 Å². The van der Waals surface area contributed by atoms with Crippen molar-refractivity contribution in [3.8, 4) is 0 Å². The average molecular weight is 1360 g/mol. The summed E-state index contributed by atoms with van der Waals surface area (Å²) in [5.41, 5.74) is 0. The Morgan fingerprint density at radius 2 is 0.798 bits per heavy atom. The summed E-state index contributed by atoms with van der Waals surface area (Å²) in [6.07, 6.45) is 4.86. The molecule has 1 amide bonds. The summed E-state index contributed by atoms with van der Waals surface area (Å²) in [5, 5.41) is 33.5. The molecule has 4 unspecified atom stereocenters. The van der Waals surface area contributed by atoms with Crippen molar-refractivity contribution in [1.29, 1.82) is 0 Å². The number of hydrogen-bond acceptors (Lipinski definition) is 18. The first-order chi connectivity index (χ1) is 43.9. The smallest absolute Gasteiger partial charge is 0.303 e. The standard InChI is InChI=1S/C10H20N2.C10H22N2.C9H18N2O.C9H20N2O.C8H18N2.C7H17N3O2S.C7H16N2.C6H12O2.C5H12O/c1-8(2)12-6-9-4-5-10(7-12)11(9)3;1-8(2)12-6-9(3)11(5)10(4)7-12;1-8(2)10-4-6-11(7-5-10)9(3)12;1-9(2)11-5-3-10(4-6-11)7-8-12;1-8(2)10-6-4-9(3)5-7-10;1-7(2)9-3-5-10(6-4-9)13(8,11)12;1-7(2)9-5-3-8-4-6-9;1-5(2)3-4-6(7)8;1-5(2)3-4-6/h8-10H,4-7H2,1-3H3;8-10H,6-7H2,1-5H3;8H,4-7H2,1-3H3;9,12H,3-8H2,1-2H3;8H,4-7H2,1-3H3;7H,3-6H2,1-2H3,(H2,8,11,12);7-8H,3-6H2,1-2H3;5H,3-4H2,1-2H3,(H,7,8);5-6H,3-4H2,1-2H3. The Morgan fingerprint density at radius 3 is 1.09 bits per heavy atom. The van der Waals surface area contributed by atoms with Gasteiger partial charge in [0.2, 0.25) is 5.91 Å². The third-order valence-electron chi connectivity index (χ3n) is 19.9. The topological polar surface area (TPSA) is 209 Å². The molecule has 8 rings (SSSR count). The molecule has 2 bridgehead atoms. The highest BCUT2D eigenvalue weighted by Gasteiger charge is 2.38. The van der Waals surface area contributed by atoms with Crippen molar-refractivity contribution in [3.63, 3.8) is 0 Å². The number of nitrogens with zero attached hydrogens (tertiary/aromatic N) is 13. The molecule has 0 spiro atoms. The minimum atomic E-state index is -3.47. The van der Waals surface area contributed by atoms with Gasteiger partial charge in [0.25, 0.3) is 10.2 Å². The van der Waals surface area contributed by atoms with Crippen LogP contribution in [-0.4, -0.2) is 363 Å². The second-order valence-electron chi connectivity index (χ2n) is 30.5. The summed E-state index contributed by atoms with van der Waals surface area (Å²) < 4.78 is 23.2. The van der Waals surface area contributed by atoms with Crippen molar-refractivity contribution in [3.05, 3.63) is 0 Å². The first-order valence-corrected chi connectivity index (χ1v) is 38.6. The van der Waals surface area contributed by atoms with E-state index in [-0.39, 0.29) is 5.91 Å². The number of likely N-dealkylation sites (tertiary alicyclic amines) is 1. The molecular formula is C71H155N15O7S. The van der Waals surface area contributed by atoms with Crippen molar-refractivity contribution >= 4 is 22.1 Å². The van der Waals surface area contributed by atoms with E-state index in [1.54, 1.807) is 6.92 Å². The molecule has 8 fully saturated rings. The van der Waals surface area contributed by atoms with Gasteiger partial charge in [0.05, 0.1) is 6.61 Å². The number of nitrogens with one attached hydrogen (secondary N) is 1. The lowest BCUT2D eigenvalue weighted by atomic mass is 10.1. The lowest BCUT2D eigenvalue weighted by molar-refractivity contribution is -0.137. The largest absolute Gasteiger partial charge is 0.481 e. The quantitative estimate of drug-likeness (QED) is 0.130. The van der Waals surface area contributed by atoms with Crippen molar-refractivity contribution in [2.24, 2.45) is 17.0 Å². The highest BCUT2D eigenvalue weighted by Crippen LogP contribution is 2.29. The van der Waals surface area contributed by atoms with Crippen molar-refractivity contribution < 1.29 is 33.3 Å². The molecule has 562 valence electrons. The van der Waals surface area contributed by atoms with Gasteiger partial charge in [0.15, 0.2) is 0 Å². The van der Waals surface area contributed by atoms with Crippen LogP contribution in [-0.2, 0) is 19.8 Å². The van der Waals surface area contributed by atoms with Gasteiger partial charge in [0, 0.05) is 250 Å². The van der Waals surface area contributed by atoms with Crippen LogP contribution in [0.4, 0.5) is 0 Å². The third kappa shape index (κ3) is 41.1. The average Bonchev–Trinajstić information content (AvgIpc) is 1.65. The van der Waals surface area contributed by atoms with E-state index in [1.165, 1.54) is 82.6 Å². The van der Waals surface area contributed by atoms with Crippen LogP contribution >= 0.6 is 0 Å². The summed E-state index contributed by atoms with van der Waals surface area (Å²) in [6.45, 7) is 73.0. The highest BCUT2D eigenvalue weighted by atomic mass is 32.2. The van der Waals surface area contributed by atoms with Gasteiger partial charge in [0.1, 0.15) is 0 Å². The summed E-state index contributed by atoms with van der Waals surface area (Å²) >= 11 is 0. The Hall–Kier alpha value is -1.75. The second-order valence-corrected chi connectivity index (χ2v) is 32.0. The summed E-state index contributed by atoms with van der Waals surface area (Å²) in [7, 11) is 3.24. The number of piperazine rings is 7. The summed E-state index contributed by atoms with van der Waals surface area (Å²) in [4.78, 5) is 49.9. The van der Waals surface area contributed by atoms with Crippen LogP contribution < -0.4 is 10.5 Å². The van der Waals surface area contributed by atoms with E-state index in [2.05, 4.69) is 205 Å². The number of carboxylic acid groups (broad SMARTS) is 1. The number of aliphatic hydroxyl groups is 2. The predicted molar refractivity (Wildman–Crippen MR) is 397 cm³/mol. The maximum Gasteiger partial charge on any atom is 0.303 e. The zero-order chi connectivity index (χ0) is 72.0. The van der Waals surface area contributed by atoms with E-state index in [0.717, 1.165) is 128 Å². The van der Waals surface area contributed by atoms with Gasteiger partial charge >= 0.3 is 5.97 Å². The number of hydrogen-bond donors (Lipinski definition) is 5. The molecule has 23 heteroatoms. The SMILES string of the molecule is CC(=O)N1CCN(C(C)C)CC1.CC(C)CCC(=O)O.CC(C)CCO.CC(C)N1CC(C)N(C)C(C)C1.CC(C)N1CC2CCC(C1)N2C.CC(C)N1CCN(C)CC1.CC(C)N1CCN(CCO)CC1.CC(C)N1CCN(S(N)(=O)=O)CC1.CC(C)N1CCNCC1. The van der Waals surface area contributed by atoms with E-state index in [1.807, 2.05) is 18.7 Å². The number of fused-ring (bicyclic) bond motifs is 2. The maximum absolute atomic E-state index is 11.0. The van der Waals surface area contributed by atoms with Crippen LogP contribution in [0.1, 0.15) is 178 Å². The lowest BCUT2D eigenvalue weighted by Gasteiger charge is -2.44. The molecule has 4 atom stereocenters. The second kappa shape index (κ2) is 50.6. The van der Waals surface area contributed by atoms with Crippen molar-refractivity contribution in [2.75, 3.05) is 198 Å². The molecule has 6 N–H and O–H groups in total. The normalized spacial score (nSPS) is 24.0. The van der Waals surface area contributed by atoms with Gasteiger partial charge in [-0.1, -0.05) is 27.7 Å². The molecule has 0 aromatic heterocycles. The predicted octanol–water partition coefficient (Wildman–Crippen LogP) is 5.85. The van der Waals surface area contributed by atoms with Gasteiger partial charge in [-0.05, 0) is 169 Å². The molecule has 8 heterocycles. The van der Waals surface area contributed by atoms with Crippen LogP contribution in [0.3, 0.4) is 0 Å². The van der Waals surface area contributed by atoms with E-state index in [4.69, 9.17) is 20.5 Å². The maximum atomic E-state index is 11.0. The minimum Gasteiger partial charge on any atom is -0.481 e. The zero-order valence-corrected chi connectivity index (χ0v) is 66.2. The first-order valence-electron chi connectivity index (χ1n) is 37.1. The minimum absolute atomic E-state index is 0.207. The fourth-order valence-electron chi connectivity index (χ4n) is 12.3. The Balaban J connectivity index is 0.00000104. The number of aliphatic carboxylic acids is 1.